The van der Waals surface area contributed by atoms with E-state index in [9.17, 15) is 10.4 Å². The van der Waals surface area contributed by atoms with Crippen LogP contribution >= 0.6 is 11.6 Å². The number of ether oxygens (including phenoxy) is 1. The second-order valence-corrected chi connectivity index (χ2v) is 6.56. The van der Waals surface area contributed by atoms with Gasteiger partial charge < -0.3 is 9.84 Å². The Morgan fingerprint density at radius 2 is 1.83 bits per heavy atom. The first-order valence-electron chi connectivity index (χ1n) is 7.99. The highest BCUT2D eigenvalue weighted by atomic mass is 35.5. The van der Waals surface area contributed by atoms with Gasteiger partial charge in [-0.1, -0.05) is 39.0 Å². The molecule has 4 heteroatoms. The molecule has 2 rings (SSSR count). The number of nitriles is 1. The minimum Gasteiger partial charge on any atom is -0.508 e. The van der Waals surface area contributed by atoms with E-state index in [4.69, 9.17) is 16.3 Å². The molecule has 3 nitrogen and oxygen atoms in total. The van der Waals surface area contributed by atoms with E-state index in [2.05, 4.69) is 26.0 Å². The van der Waals surface area contributed by atoms with Gasteiger partial charge in [-0.2, -0.15) is 5.26 Å². The van der Waals surface area contributed by atoms with Crippen LogP contribution in [0.15, 0.2) is 36.4 Å². The van der Waals surface area contributed by atoms with Crippen LogP contribution in [0, 0.1) is 11.3 Å². The Morgan fingerprint density at radius 3 is 2.38 bits per heavy atom. The number of hydrogen-bond donors (Lipinski definition) is 1. The molecule has 0 fully saturated rings. The Balaban J connectivity index is 2.54. The molecule has 0 aromatic heterocycles. The van der Waals surface area contributed by atoms with E-state index in [1.54, 1.807) is 12.1 Å². The third kappa shape index (κ3) is 3.66. The summed E-state index contributed by atoms with van der Waals surface area (Å²) in [6.07, 6.45) is 0.770. The molecule has 0 radical (unpaired) electrons. The second kappa shape index (κ2) is 7.59. The molecule has 0 amide bonds. The van der Waals surface area contributed by atoms with Gasteiger partial charge in [0.1, 0.15) is 24.2 Å². The van der Waals surface area contributed by atoms with Crippen molar-refractivity contribution in [1.82, 2.24) is 0 Å². The molecule has 1 N–H and O–H groups in total. The average molecular weight is 344 g/mol. The standard InChI is InChI=1S/C20H22ClNO2/c1-4-14-11-17(12-15(13-22)19(14)24-10-9-21)20(2,3)16-5-7-18(23)8-6-16/h5-8,11-12,23H,4,9-10H2,1-3H3. The highest BCUT2D eigenvalue weighted by Gasteiger charge is 2.25. The molecular formula is C20H22ClNO2. The summed E-state index contributed by atoms with van der Waals surface area (Å²) in [4.78, 5) is 0. The van der Waals surface area contributed by atoms with Gasteiger partial charge in [0.05, 0.1) is 11.4 Å². The van der Waals surface area contributed by atoms with Crippen molar-refractivity contribution in [3.63, 3.8) is 0 Å². The van der Waals surface area contributed by atoms with Crippen LogP contribution in [0.1, 0.15) is 43.0 Å². The molecule has 0 unspecified atom stereocenters. The lowest BCUT2D eigenvalue weighted by Gasteiger charge is -2.28. The molecule has 0 atom stereocenters. The Labute approximate surface area is 148 Å². The first kappa shape index (κ1) is 18.2. The Kier molecular flexibility index (Phi) is 5.75. The summed E-state index contributed by atoms with van der Waals surface area (Å²) >= 11 is 5.71. The van der Waals surface area contributed by atoms with Gasteiger partial charge in [-0.25, -0.2) is 0 Å². The molecule has 24 heavy (non-hydrogen) atoms. The van der Waals surface area contributed by atoms with Crippen molar-refractivity contribution in [2.75, 3.05) is 12.5 Å². The number of benzene rings is 2. The van der Waals surface area contributed by atoms with Crippen LogP contribution in [0.25, 0.3) is 0 Å². The highest BCUT2D eigenvalue weighted by molar-refractivity contribution is 6.18. The molecule has 0 saturated carbocycles. The normalized spacial score (nSPS) is 11.1. The minimum absolute atomic E-state index is 0.242. The van der Waals surface area contributed by atoms with Gasteiger partial charge in [-0.05, 0) is 41.3 Å². The van der Waals surface area contributed by atoms with Gasteiger partial charge in [0.2, 0.25) is 0 Å². The van der Waals surface area contributed by atoms with Crippen LogP contribution in [-0.4, -0.2) is 17.6 Å². The van der Waals surface area contributed by atoms with Crippen molar-refractivity contribution in [2.45, 2.75) is 32.6 Å². The largest absolute Gasteiger partial charge is 0.508 e. The van der Waals surface area contributed by atoms with Crippen LogP contribution in [0.3, 0.4) is 0 Å². The fraction of sp³-hybridized carbons (Fsp3) is 0.350. The zero-order valence-electron chi connectivity index (χ0n) is 14.3. The highest BCUT2D eigenvalue weighted by Crippen LogP contribution is 2.36. The summed E-state index contributed by atoms with van der Waals surface area (Å²) in [5.41, 5.74) is 3.34. The van der Waals surface area contributed by atoms with Crippen molar-refractivity contribution in [1.29, 1.82) is 5.26 Å². The number of rotatable bonds is 6. The SMILES string of the molecule is CCc1cc(C(C)(C)c2ccc(O)cc2)cc(C#N)c1OCCCl. The topological polar surface area (TPSA) is 53.2 Å². The van der Waals surface area contributed by atoms with Crippen LogP contribution in [0.5, 0.6) is 11.5 Å². The van der Waals surface area contributed by atoms with Crippen molar-refractivity contribution >= 4 is 11.6 Å². The van der Waals surface area contributed by atoms with Gasteiger partial charge in [0, 0.05) is 5.41 Å². The lowest BCUT2D eigenvalue weighted by Crippen LogP contribution is -2.20. The van der Waals surface area contributed by atoms with Crippen LogP contribution < -0.4 is 4.74 Å². The van der Waals surface area contributed by atoms with Gasteiger partial charge in [-0.15, -0.1) is 11.6 Å². The predicted molar refractivity (Wildman–Crippen MR) is 97.0 cm³/mol. The Hall–Kier alpha value is -2.18. The zero-order valence-corrected chi connectivity index (χ0v) is 15.0. The third-order valence-corrected chi connectivity index (χ3v) is 4.46. The summed E-state index contributed by atoms with van der Waals surface area (Å²) in [7, 11) is 0. The van der Waals surface area contributed by atoms with Gasteiger partial charge in [0.15, 0.2) is 0 Å². The number of halogens is 1. The molecular weight excluding hydrogens is 322 g/mol. The first-order valence-corrected chi connectivity index (χ1v) is 8.53. The van der Waals surface area contributed by atoms with E-state index in [-0.39, 0.29) is 11.2 Å². The van der Waals surface area contributed by atoms with Crippen LogP contribution in [-0.2, 0) is 11.8 Å². The van der Waals surface area contributed by atoms with Crippen molar-refractivity contribution in [3.8, 4) is 17.6 Å². The number of phenolic OH excluding ortho intramolecular Hbond substituents is 1. The Morgan fingerprint density at radius 1 is 1.17 bits per heavy atom. The molecule has 126 valence electrons. The molecule has 0 aliphatic rings. The maximum Gasteiger partial charge on any atom is 0.140 e. The summed E-state index contributed by atoms with van der Waals surface area (Å²) in [6, 6.07) is 13.4. The Bertz CT molecular complexity index is 745. The smallest absolute Gasteiger partial charge is 0.140 e. The molecule has 0 spiro atoms. The van der Waals surface area contributed by atoms with Crippen LogP contribution in [0.4, 0.5) is 0 Å². The summed E-state index contributed by atoms with van der Waals surface area (Å²) in [6.45, 7) is 6.63. The van der Waals surface area contributed by atoms with Crippen molar-refractivity contribution in [2.24, 2.45) is 0 Å². The molecule has 2 aromatic carbocycles. The lowest BCUT2D eigenvalue weighted by molar-refractivity contribution is 0.338. The van der Waals surface area contributed by atoms with Crippen LogP contribution in [0.2, 0.25) is 0 Å². The zero-order chi connectivity index (χ0) is 17.7. The molecule has 2 aromatic rings. The summed E-state index contributed by atoms with van der Waals surface area (Å²) < 4.78 is 5.70. The fourth-order valence-electron chi connectivity index (χ4n) is 2.75. The summed E-state index contributed by atoms with van der Waals surface area (Å²) in [5, 5.41) is 19.0. The fourth-order valence-corrected chi connectivity index (χ4v) is 2.83. The molecule has 0 aliphatic heterocycles. The van der Waals surface area contributed by atoms with E-state index in [1.165, 1.54) is 0 Å². The van der Waals surface area contributed by atoms with Gasteiger partial charge in [-0.3, -0.25) is 0 Å². The molecule has 0 bridgehead atoms. The van der Waals surface area contributed by atoms with Crippen molar-refractivity contribution in [3.05, 3.63) is 58.7 Å². The van der Waals surface area contributed by atoms with Gasteiger partial charge >= 0.3 is 0 Å². The molecule has 0 heterocycles. The first-order chi connectivity index (χ1) is 11.4. The monoisotopic (exact) mass is 343 g/mol. The van der Waals surface area contributed by atoms with Crippen molar-refractivity contribution < 1.29 is 9.84 Å². The number of aromatic hydroxyl groups is 1. The lowest BCUT2D eigenvalue weighted by atomic mass is 9.77. The van der Waals surface area contributed by atoms with E-state index >= 15 is 0 Å². The summed E-state index contributed by atoms with van der Waals surface area (Å²) in [5.74, 6) is 1.26. The van der Waals surface area contributed by atoms with Gasteiger partial charge in [0.25, 0.3) is 0 Å². The van der Waals surface area contributed by atoms with E-state index in [0.717, 1.165) is 23.1 Å². The second-order valence-electron chi connectivity index (χ2n) is 6.19. The quantitative estimate of drug-likeness (QED) is 0.768. The minimum atomic E-state index is -0.297. The maximum absolute atomic E-state index is 9.54. The molecule has 0 aliphatic carbocycles. The third-order valence-electron chi connectivity index (χ3n) is 4.30. The number of phenols is 1. The maximum atomic E-state index is 9.54. The van der Waals surface area contributed by atoms with E-state index < -0.39 is 0 Å². The number of alkyl halides is 1. The molecule has 0 saturated heterocycles. The number of aryl methyl sites for hydroxylation is 1. The predicted octanol–water partition coefficient (Wildman–Crippen LogP) is 4.77. The van der Waals surface area contributed by atoms with E-state index in [0.29, 0.717) is 23.8 Å². The number of hydrogen-bond acceptors (Lipinski definition) is 3. The average Bonchev–Trinajstić information content (AvgIpc) is 2.59. The van der Waals surface area contributed by atoms with E-state index in [1.807, 2.05) is 25.1 Å². The number of nitrogens with zero attached hydrogens (tertiary/aromatic N) is 1.